The van der Waals surface area contributed by atoms with Gasteiger partial charge in [-0.05, 0) is 30.2 Å². The largest absolute Gasteiger partial charge is 0.366 e. The second-order valence-electron chi connectivity index (χ2n) is 6.70. The number of aliphatic imine (C=N–C) groups is 1. The quantitative estimate of drug-likeness (QED) is 0.254. The number of aromatic amines is 1. The zero-order valence-corrected chi connectivity index (χ0v) is 19.5. The summed E-state index contributed by atoms with van der Waals surface area (Å²) in [5, 5.41) is 3.30. The lowest BCUT2D eigenvalue weighted by molar-refractivity contribution is 0.100. The van der Waals surface area contributed by atoms with Crippen LogP contribution in [0.15, 0.2) is 65.8 Å². The predicted octanol–water partition coefficient (Wildman–Crippen LogP) is 3.39. The summed E-state index contributed by atoms with van der Waals surface area (Å²) in [5.74, 6) is 1.22. The Balaban J connectivity index is 0.00000320. The zero-order chi connectivity index (χ0) is 20.6. The highest BCUT2D eigenvalue weighted by atomic mass is 127. The number of nitrogens with zero attached hydrogens (tertiary/aromatic N) is 3. The van der Waals surface area contributed by atoms with Crippen molar-refractivity contribution < 1.29 is 4.79 Å². The van der Waals surface area contributed by atoms with Crippen molar-refractivity contribution in [3.63, 3.8) is 0 Å². The van der Waals surface area contributed by atoms with E-state index in [9.17, 15) is 4.79 Å². The molecule has 2 aromatic carbocycles. The van der Waals surface area contributed by atoms with Crippen LogP contribution in [0.4, 0.5) is 0 Å². The zero-order valence-electron chi connectivity index (χ0n) is 17.1. The number of benzene rings is 2. The van der Waals surface area contributed by atoms with E-state index in [1.54, 1.807) is 12.1 Å². The number of H-pyrrole nitrogens is 1. The molecule has 0 bridgehead atoms. The molecule has 0 aliphatic carbocycles. The van der Waals surface area contributed by atoms with Crippen LogP contribution < -0.4 is 11.1 Å². The fourth-order valence-electron chi connectivity index (χ4n) is 2.92. The summed E-state index contributed by atoms with van der Waals surface area (Å²) in [4.78, 5) is 25.8. The summed E-state index contributed by atoms with van der Waals surface area (Å²) in [7, 11) is 1.97. The maximum atomic E-state index is 11.2. The average Bonchev–Trinajstić information content (AvgIpc) is 3.20. The number of primary amides is 1. The van der Waals surface area contributed by atoms with Gasteiger partial charge in [-0.2, -0.15) is 0 Å². The third kappa shape index (κ3) is 6.31. The van der Waals surface area contributed by atoms with Gasteiger partial charge < -0.3 is 20.9 Å². The minimum atomic E-state index is -0.429. The highest BCUT2D eigenvalue weighted by Gasteiger charge is 2.10. The van der Waals surface area contributed by atoms with Gasteiger partial charge in [0.2, 0.25) is 5.91 Å². The smallest absolute Gasteiger partial charge is 0.248 e. The fourth-order valence-corrected chi connectivity index (χ4v) is 2.92. The van der Waals surface area contributed by atoms with Crippen LogP contribution in [0.1, 0.15) is 28.7 Å². The molecule has 0 radical (unpaired) electrons. The average molecular weight is 518 g/mol. The Morgan fingerprint density at radius 2 is 1.87 bits per heavy atom. The van der Waals surface area contributed by atoms with Crippen molar-refractivity contribution in [1.29, 1.82) is 0 Å². The number of rotatable bonds is 7. The monoisotopic (exact) mass is 518 g/mol. The maximum Gasteiger partial charge on any atom is 0.248 e. The molecule has 30 heavy (non-hydrogen) atoms. The van der Waals surface area contributed by atoms with Gasteiger partial charge in [-0.15, -0.1) is 24.0 Å². The number of hydrogen-bond acceptors (Lipinski definition) is 3. The molecular formula is C22H27IN6O. The Morgan fingerprint density at radius 3 is 2.50 bits per heavy atom. The molecule has 0 spiro atoms. The lowest BCUT2D eigenvalue weighted by Crippen LogP contribution is -2.38. The molecule has 1 heterocycles. The van der Waals surface area contributed by atoms with E-state index in [0.29, 0.717) is 18.7 Å². The summed E-state index contributed by atoms with van der Waals surface area (Å²) >= 11 is 0. The fraction of sp³-hybridized carbons (Fsp3) is 0.227. The Hall–Kier alpha value is -2.88. The minimum Gasteiger partial charge on any atom is -0.366 e. The van der Waals surface area contributed by atoms with Gasteiger partial charge in [0.05, 0.1) is 25.0 Å². The van der Waals surface area contributed by atoms with Gasteiger partial charge in [-0.3, -0.25) is 4.79 Å². The molecule has 0 unspecified atom stereocenters. The van der Waals surface area contributed by atoms with Crippen LogP contribution in [0.3, 0.4) is 0 Å². The molecule has 4 N–H and O–H groups in total. The first-order valence-corrected chi connectivity index (χ1v) is 9.54. The number of imidazole rings is 1. The number of carbonyl (C=O) groups is 1. The van der Waals surface area contributed by atoms with Crippen molar-refractivity contribution in [3.8, 4) is 11.3 Å². The molecule has 0 fully saturated rings. The highest BCUT2D eigenvalue weighted by Crippen LogP contribution is 2.16. The first kappa shape index (κ1) is 23.4. The molecule has 8 heteroatoms. The summed E-state index contributed by atoms with van der Waals surface area (Å²) in [5.41, 5.74) is 8.88. The van der Waals surface area contributed by atoms with Gasteiger partial charge in [0.25, 0.3) is 0 Å². The Kier molecular flexibility index (Phi) is 8.85. The highest BCUT2D eigenvalue weighted by molar-refractivity contribution is 14.0. The standard InChI is InChI=1S/C22H26N6O.HI/c1-3-24-22(26-13-16-9-11-18(12-10-16)21(23)29)28(2)15-20-25-14-19(27-20)17-7-5-4-6-8-17;/h4-12,14H,3,13,15H2,1-2H3,(H2,23,29)(H,24,26)(H,25,27);1H. The third-order valence-electron chi connectivity index (χ3n) is 4.45. The van der Waals surface area contributed by atoms with Crippen molar-refractivity contribution in [2.24, 2.45) is 10.7 Å². The van der Waals surface area contributed by atoms with Gasteiger partial charge in [0.1, 0.15) is 5.82 Å². The first-order valence-electron chi connectivity index (χ1n) is 9.54. The topological polar surface area (TPSA) is 99.4 Å². The van der Waals surface area contributed by atoms with E-state index >= 15 is 0 Å². The van der Waals surface area contributed by atoms with Crippen molar-refractivity contribution >= 4 is 35.8 Å². The van der Waals surface area contributed by atoms with E-state index < -0.39 is 5.91 Å². The van der Waals surface area contributed by atoms with Crippen molar-refractivity contribution in [1.82, 2.24) is 20.2 Å². The SMILES string of the molecule is CCNC(=NCc1ccc(C(N)=O)cc1)N(C)Cc1ncc(-c2ccccc2)[nH]1.I. The van der Waals surface area contributed by atoms with Crippen LogP contribution in [-0.2, 0) is 13.1 Å². The van der Waals surface area contributed by atoms with E-state index in [1.165, 1.54) is 0 Å². The van der Waals surface area contributed by atoms with Crippen LogP contribution in [0.2, 0.25) is 0 Å². The molecule has 1 amide bonds. The molecule has 158 valence electrons. The number of carbonyl (C=O) groups excluding carboxylic acids is 1. The molecule has 3 rings (SSSR count). The molecule has 0 aliphatic rings. The van der Waals surface area contributed by atoms with Crippen LogP contribution in [-0.4, -0.2) is 40.3 Å². The number of hydrogen-bond donors (Lipinski definition) is 3. The van der Waals surface area contributed by atoms with Crippen LogP contribution in [0, 0.1) is 0 Å². The summed E-state index contributed by atoms with van der Waals surface area (Å²) in [6, 6.07) is 17.3. The molecule has 7 nitrogen and oxygen atoms in total. The minimum absolute atomic E-state index is 0. The Labute approximate surface area is 193 Å². The number of amides is 1. The number of nitrogens with two attached hydrogens (primary N) is 1. The second kappa shape index (κ2) is 11.3. The van der Waals surface area contributed by atoms with Gasteiger partial charge in [0, 0.05) is 19.2 Å². The van der Waals surface area contributed by atoms with Crippen LogP contribution >= 0.6 is 24.0 Å². The Morgan fingerprint density at radius 1 is 1.17 bits per heavy atom. The number of guanidine groups is 1. The molecule has 0 saturated heterocycles. The van der Waals surface area contributed by atoms with Gasteiger partial charge >= 0.3 is 0 Å². The van der Waals surface area contributed by atoms with Gasteiger partial charge in [0.15, 0.2) is 5.96 Å². The molecular weight excluding hydrogens is 491 g/mol. The Bertz CT molecular complexity index is 969. The summed E-state index contributed by atoms with van der Waals surface area (Å²) < 4.78 is 0. The summed E-state index contributed by atoms with van der Waals surface area (Å²) in [6.07, 6.45) is 1.85. The lowest BCUT2D eigenvalue weighted by Gasteiger charge is -2.21. The molecule has 3 aromatic rings. The van der Waals surface area contributed by atoms with Crippen molar-refractivity contribution in [2.45, 2.75) is 20.0 Å². The van der Waals surface area contributed by atoms with Crippen molar-refractivity contribution in [3.05, 3.63) is 77.7 Å². The van der Waals surface area contributed by atoms with E-state index in [-0.39, 0.29) is 24.0 Å². The molecule has 1 aromatic heterocycles. The van der Waals surface area contributed by atoms with E-state index in [0.717, 1.165) is 35.1 Å². The summed E-state index contributed by atoms with van der Waals surface area (Å²) in [6.45, 7) is 3.89. The number of halogens is 1. The number of aromatic nitrogens is 2. The predicted molar refractivity (Wildman–Crippen MR) is 131 cm³/mol. The van der Waals surface area contributed by atoms with Crippen LogP contribution in [0.5, 0.6) is 0 Å². The second-order valence-corrected chi connectivity index (χ2v) is 6.70. The van der Waals surface area contributed by atoms with E-state index in [4.69, 9.17) is 10.7 Å². The van der Waals surface area contributed by atoms with Crippen LogP contribution in [0.25, 0.3) is 11.3 Å². The third-order valence-corrected chi connectivity index (χ3v) is 4.45. The molecule has 0 saturated carbocycles. The van der Waals surface area contributed by atoms with Crippen molar-refractivity contribution in [2.75, 3.05) is 13.6 Å². The normalized spacial score (nSPS) is 10.9. The van der Waals surface area contributed by atoms with E-state index in [1.807, 2.05) is 55.4 Å². The van der Waals surface area contributed by atoms with E-state index in [2.05, 4.69) is 27.4 Å². The lowest BCUT2D eigenvalue weighted by atomic mass is 10.1. The first-order chi connectivity index (χ1) is 14.1. The molecule has 0 aliphatic heterocycles. The maximum absolute atomic E-state index is 11.2. The number of nitrogens with one attached hydrogen (secondary N) is 2. The molecule has 0 atom stereocenters. The van der Waals surface area contributed by atoms with Gasteiger partial charge in [-0.1, -0.05) is 42.5 Å². The van der Waals surface area contributed by atoms with Gasteiger partial charge in [-0.25, -0.2) is 9.98 Å².